The molecule has 0 aromatic heterocycles. The van der Waals surface area contributed by atoms with Crippen LogP contribution in [0, 0.1) is 16.3 Å². The summed E-state index contributed by atoms with van der Waals surface area (Å²) in [5.41, 5.74) is 3.02. The lowest BCUT2D eigenvalue weighted by molar-refractivity contribution is -0.991. The fourth-order valence-electron chi connectivity index (χ4n) is 6.11. The third kappa shape index (κ3) is 8.19. The monoisotopic (exact) mass is 720 g/mol. The Morgan fingerprint density at radius 3 is 1.54 bits per heavy atom. The number of carbonyl (C=O) groups is 1. The summed E-state index contributed by atoms with van der Waals surface area (Å²) in [5, 5.41) is 40.6. The van der Waals surface area contributed by atoms with Gasteiger partial charge in [-0.1, -0.05) is 162 Å². The molecule has 0 aliphatic heterocycles. The Balaban J connectivity index is 1.75. The number of ketones is 1. The molecule has 6 atom stereocenters. The van der Waals surface area contributed by atoms with Gasteiger partial charge in [-0.05, 0) is 22.3 Å². The van der Waals surface area contributed by atoms with E-state index in [1.807, 2.05) is 66.7 Å². The fourth-order valence-corrected chi connectivity index (χ4v) is 7.42. The molecule has 0 radical (unpaired) electrons. The van der Waals surface area contributed by atoms with Gasteiger partial charge in [0.15, 0.2) is 21.0 Å². The average Bonchev–Trinajstić information content (AvgIpc) is 3.09. The first kappa shape index (κ1) is 35.8. The van der Waals surface area contributed by atoms with E-state index < -0.39 is 43.7 Å². The molecule has 48 heavy (non-hydrogen) atoms. The molecule has 0 saturated carbocycles. The van der Waals surface area contributed by atoms with Gasteiger partial charge in [0.05, 0.1) is 5.92 Å². The van der Waals surface area contributed by atoms with Gasteiger partial charge in [0.1, 0.15) is 0 Å². The SMILES string of the molecule is O=C(c1cccc([NH+]([O-])O)c1)C(c1ccccc1)C(C(C(=S)C(c1ccccc1)c1ccc([NH+]([O-])O)cc1)c1ccccc1)C(Cl)(Cl)Cl. The predicted molar refractivity (Wildman–Crippen MR) is 192 cm³/mol. The van der Waals surface area contributed by atoms with Crippen LogP contribution in [-0.4, -0.2) is 24.9 Å². The molecule has 5 rings (SSSR count). The number of rotatable bonds is 12. The van der Waals surface area contributed by atoms with E-state index in [2.05, 4.69) is 0 Å². The van der Waals surface area contributed by atoms with Crippen molar-refractivity contribution in [2.75, 3.05) is 0 Å². The van der Waals surface area contributed by atoms with Crippen molar-refractivity contribution < 1.29 is 25.7 Å². The Hall–Kier alpha value is -3.51. The summed E-state index contributed by atoms with van der Waals surface area (Å²) in [5.74, 6) is -4.02. The average molecular weight is 722 g/mol. The molecule has 11 heteroatoms. The minimum Gasteiger partial charge on any atom is -0.595 e. The van der Waals surface area contributed by atoms with Crippen molar-refractivity contribution in [3.63, 3.8) is 0 Å². The highest BCUT2D eigenvalue weighted by Gasteiger charge is 2.50. The van der Waals surface area contributed by atoms with Crippen molar-refractivity contribution in [2.24, 2.45) is 5.92 Å². The number of thiocarbonyl (C=S) groups is 1. The summed E-state index contributed by atoms with van der Waals surface area (Å²) in [7, 11) is 0. The first-order chi connectivity index (χ1) is 23.0. The highest BCUT2D eigenvalue weighted by molar-refractivity contribution is 7.80. The summed E-state index contributed by atoms with van der Waals surface area (Å²) in [4.78, 5) is 15.2. The Morgan fingerprint density at radius 1 is 0.604 bits per heavy atom. The van der Waals surface area contributed by atoms with Gasteiger partial charge < -0.3 is 10.4 Å². The Kier molecular flexibility index (Phi) is 11.8. The van der Waals surface area contributed by atoms with Crippen LogP contribution in [0.2, 0.25) is 0 Å². The van der Waals surface area contributed by atoms with Crippen LogP contribution in [0.1, 0.15) is 50.4 Å². The Morgan fingerprint density at radius 2 is 1.06 bits per heavy atom. The Labute approximate surface area is 298 Å². The van der Waals surface area contributed by atoms with Crippen LogP contribution < -0.4 is 10.5 Å². The highest BCUT2D eigenvalue weighted by Crippen LogP contribution is 2.53. The zero-order valence-corrected chi connectivity index (χ0v) is 28.3. The van der Waals surface area contributed by atoms with Gasteiger partial charge in [-0.3, -0.25) is 4.79 Å². The molecule has 0 heterocycles. The molecule has 0 spiro atoms. The van der Waals surface area contributed by atoms with Crippen LogP contribution in [0.3, 0.4) is 0 Å². The van der Waals surface area contributed by atoms with Gasteiger partial charge in [0, 0.05) is 52.4 Å². The van der Waals surface area contributed by atoms with E-state index in [0.29, 0.717) is 16.0 Å². The number of nitrogens with one attached hydrogen (secondary N) is 2. The number of quaternary nitrogens is 2. The number of Topliss-reactive ketones (excluding diaryl/α,β-unsaturated/α-hetero) is 1. The van der Waals surface area contributed by atoms with Gasteiger partial charge in [0.25, 0.3) is 0 Å². The van der Waals surface area contributed by atoms with Crippen molar-refractivity contribution in [1.29, 1.82) is 0 Å². The first-order valence-corrected chi connectivity index (χ1v) is 16.5. The molecule has 5 aromatic rings. The fraction of sp³-hybridized carbons (Fsp3) is 0.135. The topological polar surface area (TPSA) is 113 Å². The summed E-state index contributed by atoms with van der Waals surface area (Å²) < 4.78 is -2.07. The molecule has 0 bridgehead atoms. The largest absolute Gasteiger partial charge is 0.595 e. The number of alkyl halides is 3. The van der Waals surface area contributed by atoms with Crippen molar-refractivity contribution in [2.45, 2.75) is 21.5 Å². The maximum atomic E-state index is 14.7. The predicted octanol–water partition coefficient (Wildman–Crippen LogP) is 7.43. The van der Waals surface area contributed by atoms with Crippen LogP contribution in [0.4, 0.5) is 11.4 Å². The first-order valence-electron chi connectivity index (χ1n) is 14.9. The lowest BCUT2D eigenvalue weighted by Crippen LogP contribution is -2.99. The summed E-state index contributed by atoms with van der Waals surface area (Å²) in [6.07, 6.45) is 0. The number of halogens is 3. The molecule has 7 nitrogen and oxygen atoms in total. The second-order valence-electron chi connectivity index (χ2n) is 11.3. The molecule has 0 aliphatic carbocycles. The zero-order valence-electron chi connectivity index (χ0n) is 25.2. The van der Waals surface area contributed by atoms with Crippen LogP contribution in [0.25, 0.3) is 0 Å². The molecular weight excluding hydrogens is 691 g/mol. The third-order valence-corrected chi connectivity index (χ3v) is 9.55. The summed E-state index contributed by atoms with van der Waals surface area (Å²) in [6, 6.07) is 40.0. The maximum absolute atomic E-state index is 14.7. The molecular formula is C37H31Cl3N2O5S. The number of hydrogen-bond donors (Lipinski definition) is 4. The van der Waals surface area contributed by atoms with Gasteiger partial charge >= 0.3 is 0 Å². The number of hydrogen-bond acceptors (Lipinski definition) is 6. The van der Waals surface area contributed by atoms with E-state index in [-0.39, 0.29) is 16.9 Å². The number of carbonyl (C=O) groups excluding carboxylic acids is 1. The maximum Gasteiger partial charge on any atom is 0.195 e. The summed E-state index contributed by atoms with van der Waals surface area (Å²) in [6.45, 7) is 0. The van der Waals surface area contributed by atoms with Crippen LogP contribution >= 0.6 is 47.0 Å². The highest BCUT2D eigenvalue weighted by atomic mass is 35.6. The van der Waals surface area contributed by atoms with Crippen molar-refractivity contribution in [3.05, 3.63) is 178 Å². The molecule has 6 unspecified atom stereocenters. The van der Waals surface area contributed by atoms with E-state index in [4.69, 9.17) is 47.0 Å². The van der Waals surface area contributed by atoms with Gasteiger partial charge in [-0.15, -0.1) is 0 Å². The van der Waals surface area contributed by atoms with Gasteiger partial charge in [-0.2, -0.15) is 10.5 Å². The smallest absolute Gasteiger partial charge is 0.195 e. The van der Waals surface area contributed by atoms with Gasteiger partial charge in [-0.25, -0.2) is 10.4 Å². The van der Waals surface area contributed by atoms with Crippen molar-refractivity contribution in [1.82, 2.24) is 0 Å². The molecule has 0 amide bonds. The van der Waals surface area contributed by atoms with E-state index >= 15 is 0 Å². The molecule has 0 saturated heterocycles. The van der Waals surface area contributed by atoms with E-state index in [1.165, 1.54) is 30.3 Å². The second-order valence-corrected chi connectivity index (χ2v) is 14.1. The molecule has 4 N–H and O–H groups in total. The van der Waals surface area contributed by atoms with E-state index in [1.54, 1.807) is 42.5 Å². The molecule has 246 valence electrons. The molecule has 0 aliphatic rings. The summed E-state index contributed by atoms with van der Waals surface area (Å²) >= 11 is 27.3. The quantitative estimate of drug-likeness (QED) is 0.0462. The second kappa shape index (κ2) is 15.8. The normalized spacial score (nSPS) is 15.5. The van der Waals surface area contributed by atoms with E-state index in [9.17, 15) is 25.6 Å². The van der Waals surface area contributed by atoms with Gasteiger partial charge in [0.2, 0.25) is 0 Å². The van der Waals surface area contributed by atoms with Crippen LogP contribution in [-0.2, 0) is 0 Å². The van der Waals surface area contributed by atoms with Crippen LogP contribution in [0.5, 0.6) is 0 Å². The lowest BCUT2D eigenvalue weighted by Gasteiger charge is -2.40. The standard InChI is InChI=1S/C37H31Cl3N2O5S/c38-37(39,40)34(32(25-13-6-2-7-14-25)35(43)28-17-10-18-30(23-28)42(46)47)33(26-15-8-3-9-16-26)36(48)31(24-11-4-1-5-12-24)27-19-21-29(22-20-27)41(44)45/h1-23,31-34,41-42,44,46H. The molecule has 0 fully saturated rings. The minimum atomic E-state index is -2.07. The lowest BCUT2D eigenvalue weighted by atomic mass is 9.68. The minimum absolute atomic E-state index is 0.0535. The van der Waals surface area contributed by atoms with Crippen molar-refractivity contribution in [3.8, 4) is 0 Å². The third-order valence-electron chi connectivity index (χ3n) is 8.31. The number of benzene rings is 5. The molecule has 5 aromatic carbocycles. The van der Waals surface area contributed by atoms with Crippen molar-refractivity contribution >= 4 is 69.0 Å². The zero-order chi connectivity index (χ0) is 34.4. The Bertz CT molecular complexity index is 1820. The van der Waals surface area contributed by atoms with E-state index in [0.717, 1.165) is 11.1 Å². The van der Waals surface area contributed by atoms with Crippen LogP contribution in [0.15, 0.2) is 140 Å².